The fourth-order valence-electron chi connectivity index (χ4n) is 1.71. The van der Waals surface area contributed by atoms with E-state index in [9.17, 15) is 4.79 Å². The Labute approximate surface area is 72.3 Å². The van der Waals surface area contributed by atoms with Crippen LogP contribution in [0.15, 0.2) is 0 Å². The van der Waals surface area contributed by atoms with Crippen LogP contribution in [0.4, 0.5) is 0 Å². The molecule has 0 aromatic carbocycles. The molecule has 0 aromatic rings. The summed E-state index contributed by atoms with van der Waals surface area (Å²) in [6.07, 6.45) is 0.577. The van der Waals surface area contributed by atoms with Crippen LogP contribution in [0.25, 0.3) is 0 Å². The second kappa shape index (κ2) is 3.41. The highest BCUT2D eigenvalue weighted by atomic mass is 16.4. The van der Waals surface area contributed by atoms with E-state index in [2.05, 4.69) is 0 Å². The molecule has 70 valence electrons. The van der Waals surface area contributed by atoms with Crippen LogP contribution >= 0.6 is 0 Å². The van der Waals surface area contributed by atoms with E-state index in [-0.39, 0.29) is 18.1 Å². The van der Waals surface area contributed by atoms with Gasteiger partial charge in [0.05, 0.1) is 0 Å². The molecule has 0 unspecified atom stereocenters. The summed E-state index contributed by atoms with van der Waals surface area (Å²) in [4.78, 5) is 12.7. The van der Waals surface area contributed by atoms with Crippen molar-refractivity contribution in [3.63, 3.8) is 0 Å². The maximum absolute atomic E-state index is 10.8. The minimum absolute atomic E-state index is 0.0218. The maximum atomic E-state index is 10.8. The molecular weight excluding hydrogens is 156 g/mol. The highest BCUT2D eigenvalue weighted by Crippen LogP contribution is 2.19. The Morgan fingerprint density at radius 1 is 1.67 bits per heavy atom. The molecular formula is C8H16N2O2. The number of rotatable bonds is 2. The lowest BCUT2D eigenvalue weighted by atomic mass is 10.2. The van der Waals surface area contributed by atoms with Crippen LogP contribution < -0.4 is 5.73 Å². The summed E-state index contributed by atoms with van der Waals surface area (Å²) < 4.78 is 0. The zero-order chi connectivity index (χ0) is 9.30. The molecule has 0 bridgehead atoms. The third-order valence-electron chi connectivity index (χ3n) is 2.32. The molecule has 1 aliphatic rings. The van der Waals surface area contributed by atoms with Gasteiger partial charge in [-0.05, 0) is 20.3 Å². The lowest BCUT2D eigenvalue weighted by molar-refractivity contribution is -0.142. The van der Waals surface area contributed by atoms with Gasteiger partial charge in [-0.1, -0.05) is 0 Å². The molecule has 0 saturated carbocycles. The molecule has 0 aromatic heterocycles. The first kappa shape index (κ1) is 9.48. The first-order valence-corrected chi connectivity index (χ1v) is 4.26. The molecule has 3 N–H and O–H groups in total. The highest BCUT2D eigenvalue weighted by Gasteiger charge is 2.36. The fraction of sp³-hybridized carbons (Fsp3) is 0.875. The molecule has 1 saturated heterocycles. The molecule has 4 nitrogen and oxygen atoms in total. The lowest BCUT2D eigenvalue weighted by Gasteiger charge is -2.24. The summed E-state index contributed by atoms with van der Waals surface area (Å²) in [6.45, 7) is 4.69. The second-order valence-electron chi connectivity index (χ2n) is 3.64. The van der Waals surface area contributed by atoms with E-state index in [1.54, 1.807) is 0 Å². The van der Waals surface area contributed by atoms with Crippen molar-refractivity contribution in [1.29, 1.82) is 0 Å². The monoisotopic (exact) mass is 172 g/mol. The molecule has 0 amide bonds. The number of nitrogens with zero attached hydrogens (tertiary/aromatic N) is 1. The normalized spacial score (nSPS) is 31.3. The number of hydrogen-bond acceptors (Lipinski definition) is 3. The number of carboxylic acid groups (broad SMARTS) is 1. The number of carboxylic acids is 1. The van der Waals surface area contributed by atoms with E-state index in [0.29, 0.717) is 13.0 Å². The third-order valence-corrected chi connectivity index (χ3v) is 2.32. The molecule has 0 radical (unpaired) electrons. The Balaban J connectivity index is 2.65. The fourth-order valence-corrected chi connectivity index (χ4v) is 1.71. The number of aliphatic carboxylic acids is 1. The summed E-state index contributed by atoms with van der Waals surface area (Å²) >= 11 is 0. The first-order valence-electron chi connectivity index (χ1n) is 4.26. The standard InChI is InChI=1S/C8H16N2O2/c1-5(2)10-4-6(9)3-7(10)8(11)12/h5-7H,3-4,9H2,1-2H3,(H,11,12)/t6-,7+/m1/s1. The Hall–Kier alpha value is -0.610. The van der Waals surface area contributed by atoms with E-state index in [0.717, 1.165) is 0 Å². The van der Waals surface area contributed by atoms with Gasteiger partial charge in [-0.2, -0.15) is 0 Å². The number of hydrogen-bond donors (Lipinski definition) is 2. The van der Waals surface area contributed by atoms with Crippen LogP contribution in [0.5, 0.6) is 0 Å². The highest BCUT2D eigenvalue weighted by molar-refractivity contribution is 5.74. The summed E-state index contributed by atoms with van der Waals surface area (Å²) in [5, 5.41) is 8.85. The third kappa shape index (κ3) is 1.76. The quantitative estimate of drug-likeness (QED) is 0.609. The van der Waals surface area contributed by atoms with Crippen LogP contribution in [-0.2, 0) is 4.79 Å². The SMILES string of the molecule is CC(C)N1C[C@H](N)C[C@H]1C(=O)O. The second-order valence-corrected chi connectivity index (χ2v) is 3.64. The average molecular weight is 172 g/mol. The van der Waals surface area contributed by atoms with Crippen LogP contribution in [0.3, 0.4) is 0 Å². The Bertz CT molecular complexity index is 182. The molecule has 1 fully saturated rings. The molecule has 1 heterocycles. The van der Waals surface area contributed by atoms with Gasteiger partial charge in [0, 0.05) is 18.6 Å². The molecule has 1 aliphatic heterocycles. The smallest absolute Gasteiger partial charge is 0.320 e. The largest absolute Gasteiger partial charge is 0.480 e. The van der Waals surface area contributed by atoms with Crippen LogP contribution in [0.1, 0.15) is 20.3 Å². The van der Waals surface area contributed by atoms with Crippen molar-refractivity contribution in [3.8, 4) is 0 Å². The van der Waals surface area contributed by atoms with Gasteiger partial charge in [-0.3, -0.25) is 9.69 Å². The van der Waals surface area contributed by atoms with Crippen molar-refractivity contribution in [1.82, 2.24) is 4.90 Å². The minimum Gasteiger partial charge on any atom is -0.480 e. The van der Waals surface area contributed by atoms with Crippen LogP contribution in [0.2, 0.25) is 0 Å². The Morgan fingerprint density at radius 3 is 2.58 bits per heavy atom. The van der Waals surface area contributed by atoms with Gasteiger partial charge in [0.25, 0.3) is 0 Å². The maximum Gasteiger partial charge on any atom is 0.320 e. The molecule has 4 heteroatoms. The van der Waals surface area contributed by atoms with Gasteiger partial charge < -0.3 is 10.8 Å². The van der Waals surface area contributed by atoms with Crippen molar-refractivity contribution in [2.24, 2.45) is 5.73 Å². The van der Waals surface area contributed by atoms with Crippen LogP contribution in [-0.4, -0.2) is 40.6 Å². The zero-order valence-electron chi connectivity index (χ0n) is 7.53. The summed E-state index contributed by atoms with van der Waals surface area (Å²) in [5.41, 5.74) is 5.69. The summed E-state index contributed by atoms with van der Waals surface area (Å²) in [6, 6.07) is -0.0897. The Kier molecular flexibility index (Phi) is 2.69. The number of carbonyl (C=O) groups is 1. The summed E-state index contributed by atoms with van der Waals surface area (Å²) in [5.74, 6) is -0.753. The predicted octanol–water partition coefficient (Wildman–Crippen LogP) is -0.119. The molecule has 2 atom stereocenters. The topological polar surface area (TPSA) is 66.6 Å². The lowest BCUT2D eigenvalue weighted by Crippen LogP contribution is -2.40. The molecule has 0 aliphatic carbocycles. The van der Waals surface area contributed by atoms with E-state index in [1.165, 1.54) is 0 Å². The van der Waals surface area contributed by atoms with Crippen molar-refractivity contribution in [2.45, 2.75) is 38.4 Å². The summed E-state index contributed by atoms with van der Waals surface area (Å²) in [7, 11) is 0. The minimum atomic E-state index is -0.753. The Morgan fingerprint density at radius 2 is 2.25 bits per heavy atom. The van der Waals surface area contributed by atoms with E-state index in [1.807, 2.05) is 18.7 Å². The number of nitrogens with two attached hydrogens (primary N) is 1. The van der Waals surface area contributed by atoms with Crippen molar-refractivity contribution < 1.29 is 9.90 Å². The first-order chi connectivity index (χ1) is 5.52. The zero-order valence-corrected chi connectivity index (χ0v) is 7.53. The van der Waals surface area contributed by atoms with Gasteiger partial charge in [0.1, 0.15) is 6.04 Å². The van der Waals surface area contributed by atoms with Crippen molar-refractivity contribution >= 4 is 5.97 Å². The van der Waals surface area contributed by atoms with Crippen molar-refractivity contribution in [2.75, 3.05) is 6.54 Å². The van der Waals surface area contributed by atoms with Gasteiger partial charge in [0.2, 0.25) is 0 Å². The van der Waals surface area contributed by atoms with E-state index < -0.39 is 5.97 Å². The van der Waals surface area contributed by atoms with Crippen molar-refractivity contribution in [3.05, 3.63) is 0 Å². The van der Waals surface area contributed by atoms with Gasteiger partial charge >= 0.3 is 5.97 Å². The molecule has 1 rings (SSSR count). The van der Waals surface area contributed by atoms with E-state index >= 15 is 0 Å². The van der Waals surface area contributed by atoms with Gasteiger partial charge in [0.15, 0.2) is 0 Å². The number of likely N-dealkylation sites (tertiary alicyclic amines) is 1. The predicted molar refractivity (Wildman–Crippen MR) is 45.9 cm³/mol. The van der Waals surface area contributed by atoms with Gasteiger partial charge in [-0.25, -0.2) is 0 Å². The molecule has 12 heavy (non-hydrogen) atoms. The van der Waals surface area contributed by atoms with Gasteiger partial charge in [-0.15, -0.1) is 0 Å². The molecule has 0 spiro atoms. The van der Waals surface area contributed by atoms with E-state index in [4.69, 9.17) is 10.8 Å². The average Bonchev–Trinajstić information content (AvgIpc) is 2.31. The van der Waals surface area contributed by atoms with Crippen LogP contribution in [0, 0.1) is 0 Å².